The van der Waals surface area contributed by atoms with Crippen molar-refractivity contribution >= 4 is 0 Å². The first-order valence-electron chi connectivity index (χ1n) is 2.62. The standard InChI is InChI=1S/C4H12N2O3/c5-1-3(7)9-4(8)2-6/h3-4,7-8H,1-2,5-6H2. The Kier molecular flexibility index (Phi) is 4.55. The van der Waals surface area contributed by atoms with Gasteiger partial charge in [0.15, 0.2) is 12.6 Å². The number of hydrogen-bond acceptors (Lipinski definition) is 5. The van der Waals surface area contributed by atoms with Crippen LogP contribution >= 0.6 is 0 Å². The fourth-order valence-electron chi connectivity index (χ4n) is 0.292. The molecule has 0 radical (unpaired) electrons. The van der Waals surface area contributed by atoms with Crippen molar-refractivity contribution in [1.29, 1.82) is 0 Å². The summed E-state index contributed by atoms with van der Waals surface area (Å²) in [4.78, 5) is 0. The normalized spacial score (nSPS) is 17.3. The third kappa shape index (κ3) is 4.31. The van der Waals surface area contributed by atoms with Crippen molar-refractivity contribution in [3.8, 4) is 0 Å². The summed E-state index contributed by atoms with van der Waals surface area (Å²) in [7, 11) is 0. The molecule has 0 aliphatic heterocycles. The zero-order chi connectivity index (χ0) is 7.28. The van der Waals surface area contributed by atoms with Gasteiger partial charge in [-0.15, -0.1) is 0 Å². The lowest BCUT2D eigenvalue weighted by molar-refractivity contribution is -0.197. The zero-order valence-corrected chi connectivity index (χ0v) is 5.03. The average Bonchev–Trinajstić information content (AvgIpc) is 1.87. The molecular formula is C4H12N2O3. The predicted molar refractivity (Wildman–Crippen MR) is 31.2 cm³/mol. The van der Waals surface area contributed by atoms with Gasteiger partial charge in [-0.3, -0.25) is 0 Å². The van der Waals surface area contributed by atoms with Crippen LogP contribution < -0.4 is 11.5 Å². The third-order valence-corrected chi connectivity index (χ3v) is 0.717. The molecular weight excluding hydrogens is 124 g/mol. The van der Waals surface area contributed by atoms with Crippen molar-refractivity contribution in [2.24, 2.45) is 11.5 Å². The number of hydrogen-bond donors (Lipinski definition) is 4. The van der Waals surface area contributed by atoms with Gasteiger partial charge in [-0.1, -0.05) is 0 Å². The zero-order valence-electron chi connectivity index (χ0n) is 5.03. The molecule has 9 heavy (non-hydrogen) atoms. The maximum absolute atomic E-state index is 8.60. The SMILES string of the molecule is NCC(O)OC(O)CN. The average molecular weight is 136 g/mol. The van der Waals surface area contributed by atoms with Gasteiger partial charge >= 0.3 is 0 Å². The Hall–Kier alpha value is -0.200. The first-order chi connectivity index (χ1) is 4.20. The maximum atomic E-state index is 8.60. The second kappa shape index (κ2) is 4.66. The van der Waals surface area contributed by atoms with Gasteiger partial charge in [-0.05, 0) is 0 Å². The van der Waals surface area contributed by atoms with Gasteiger partial charge in [0.25, 0.3) is 0 Å². The fourth-order valence-corrected chi connectivity index (χ4v) is 0.292. The Morgan fingerprint density at radius 1 is 1.11 bits per heavy atom. The molecule has 0 spiro atoms. The van der Waals surface area contributed by atoms with Crippen LogP contribution in [0.3, 0.4) is 0 Å². The number of ether oxygens (including phenoxy) is 1. The summed E-state index contributed by atoms with van der Waals surface area (Å²) in [6.07, 6.45) is -2.24. The van der Waals surface area contributed by atoms with Gasteiger partial charge in [0.1, 0.15) is 0 Å². The molecule has 0 aromatic heterocycles. The van der Waals surface area contributed by atoms with Crippen LogP contribution in [0.4, 0.5) is 0 Å². The summed E-state index contributed by atoms with van der Waals surface area (Å²) < 4.78 is 4.41. The summed E-state index contributed by atoms with van der Waals surface area (Å²) >= 11 is 0. The van der Waals surface area contributed by atoms with E-state index >= 15 is 0 Å². The molecule has 6 N–H and O–H groups in total. The molecule has 56 valence electrons. The van der Waals surface area contributed by atoms with Gasteiger partial charge in [-0.25, -0.2) is 0 Å². The summed E-state index contributed by atoms with van der Waals surface area (Å²) in [5.74, 6) is 0. The van der Waals surface area contributed by atoms with Gasteiger partial charge in [-0.2, -0.15) is 0 Å². The molecule has 0 amide bonds. The number of aliphatic hydroxyl groups excluding tert-OH is 2. The molecule has 0 aromatic rings. The highest BCUT2D eigenvalue weighted by Gasteiger charge is 2.06. The minimum atomic E-state index is -1.12. The van der Waals surface area contributed by atoms with Crippen LogP contribution in [0.2, 0.25) is 0 Å². The molecule has 2 unspecified atom stereocenters. The Labute approximate surface area is 53.2 Å². The van der Waals surface area contributed by atoms with Crippen LogP contribution in [-0.4, -0.2) is 35.9 Å². The lowest BCUT2D eigenvalue weighted by Gasteiger charge is -2.13. The maximum Gasteiger partial charge on any atom is 0.170 e. The quantitative estimate of drug-likeness (QED) is 0.321. The van der Waals surface area contributed by atoms with Crippen LogP contribution in [-0.2, 0) is 4.74 Å². The van der Waals surface area contributed by atoms with E-state index < -0.39 is 12.6 Å². The minimum Gasteiger partial charge on any atom is -0.367 e. The van der Waals surface area contributed by atoms with Gasteiger partial charge < -0.3 is 26.4 Å². The molecule has 0 heterocycles. The summed E-state index contributed by atoms with van der Waals surface area (Å²) in [5.41, 5.74) is 9.90. The van der Waals surface area contributed by atoms with E-state index in [4.69, 9.17) is 21.7 Å². The smallest absolute Gasteiger partial charge is 0.170 e. The third-order valence-electron chi connectivity index (χ3n) is 0.717. The van der Waals surface area contributed by atoms with Crippen molar-refractivity contribution in [3.05, 3.63) is 0 Å². The van der Waals surface area contributed by atoms with Crippen LogP contribution in [0.25, 0.3) is 0 Å². The van der Waals surface area contributed by atoms with Crippen molar-refractivity contribution in [1.82, 2.24) is 0 Å². The van der Waals surface area contributed by atoms with Gasteiger partial charge in [0, 0.05) is 13.1 Å². The highest BCUT2D eigenvalue weighted by Crippen LogP contribution is 1.87. The molecule has 0 aliphatic rings. The van der Waals surface area contributed by atoms with Crippen molar-refractivity contribution in [3.63, 3.8) is 0 Å². The first-order valence-corrected chi connectivity index (χ1v) is 2.62. The molecule has 0 bridgehead atoms. The van der Waals surface area contributed by atoms with E-state index in [2.05, 4.69) is 4.74 Å². The predicted octanol–water partition coefficient (Wildman–Crippen LogP) is -2.44. The molecule has 0 aromatic carbocycles. The van der Waals surface area contributed by atoms with Gasteiger partial charge in [0.05, 0.1) is 0 Å². The van der Waals surface area contributed by atoms with E-state index in [0.717, 1.165) is 0 Å². The van der Waals surface area contributed by atoms with Crippen molar-refractivity contribution in [2.75, 3.05) is 13.1 Å². The molecule has 0 rings (SSSR count). The number of aliphatic hydroxyl groups is 2. The van der Waals surface area contributed by atoms with Crippen LogP contribution in [0.1, 0.15) is 0 Å². The largest absolute Gasteiger partial charge is 0.367 e. The Morgan fingerprint density at radius 3 is 1.67 bits per heavy atom. The lowest BCUT2D eigenvalue weighted by atomic mass is 10.6. The molecule has 0 fully saturated rings. The molecule has 2 atom stereocenters. The first kappa shape index (κ1) is 8.80. The molecule has 5 nitrogen and oxygen atoms in total. The van der Waals surface area contributed by atoms with E-state index in [1.165, 1.54) is 0 Å². The Balaban J connectivity index is 3.22. The number of rotatable bonds is 4. The van der Waals surface area contributed by atoms with Crippen LogP contribution in [0.5, 0.6) is 0 Å². The van der Waals surface area contributed by atoms with Crippen molar-refractivity contribution < 1.29 is 14.9 Å². The van der Waals surface area contributed by atoms with E-state index in [0.29, 0.717) is 0 Å². The molecule has 0 saturated carbocycles. The highest BCUT2D eigenvalue weighted by molar-refractivity contribution is 4.43. The molecule has 0 aliphatic carbocycles. The summed E-state index contributed by atoms with van der Waals surface area (Å²) in [6, 6.07) is 0. The van der Waals surface area contributed by atoms with E-state index in [1.807, 2.05) is 0 Å². The Bertz CT molecular complexity index is 62.8. The van der Waals surface area contributed by atoms with Crippen molar-refractivity contribution in [2.45, 2.75) is 12.6 Å². The van der Waals surface area contributed by atoms with E-state index in [9.17, 15) is 0 Å². The monoisotopic (exact) mass is 136 g/mol. The van der Waals surface area contributed by atoms with E-state index in [-0.39, 0.29) is 13.1 Å². The second-order valence-corrected chi connectivity index (χ2v) is 1.52. The number of nitrogens with two attached hydrogens (primary N) is 2. The minimum absolute atomic E-state index is 0.0446. The van der Waals surface area contributed by atoms with E-state index in [1.54, 1.807) is 0 Å². The fraction of sp³-hybridized carbons (Fsp3) is 1.00. The summed E-state index contributed by atoms with van der Waals surface area (Å²) in [6.45, 7) is -0.0892. The molecule has 5 heteroatoms. The Morgan fingerprint density at radius 2 is 1.44 bits per heavy atom. The topological polar surface area (TPSA) is 102 Å². The van der Waals surface area contributed by atoms with Gasteiger partial charge in [0.2, 0.25) is 0 Å². The molecule has 0 saturated heterocycles. The summed E-state index contributed by atoms with van der Waals surface area (Å²) in [5, 5.41) is 17.2. The van der Waals surface area contributed by atoms with Crippen LogP contribution in [0.15, 0.2) is 0 Å². The second-order valence-electron chi connectivity index (χ2n) is 1.52. The van der Waals surface area contributed by atoms with Crippen LogP contribution in [0, 0.1) is 0 Å². The highest BCUT2D eigenvalue weighted by atomic mass is 16.7. The lowest BCUT2D eigenvalue weighted by Crippen LogP contribution is -2.32.